The van der Waals surface area contributed by atoms with E-state index in [2.05, 4.69) is 53.8 Å². The van der Waals surface area contributed by atoms with Crippen molar-refractivity contribution in [3.8, 4) is 11.1 Å². The summed E-state index contributed by atoms with van der Waals surface area (Å²) in [6.45, 7) is 0. The lowest BCUT2D eigenvalue weighted by molar-refractivity contribution is 0.912. The molecule has 0 aliphatic heterocycles. The molecule has 0 aromatic heterocycles. The molecule has 0 fully saturated rings. The van der Waals surface area contributed by atoms with Crippen LogP contribution in [0.2, 0.25) is 0 Å². The fourth-order valence-electron chi connectivity index (χ4n) is 4.30. The van der Waals surface area contributed by atoms with Crippen LogP contribution in [0.1, 0.15) is 17.5 Å². The van der Waals surface area contributed by atoms with Gasteiger partial charge in [-0.25, -0.2) is 4.99 Å². The van der Waals surface area contributed by atoms with Gasteiger partial charge in [0.2, 0.25) is 0 Å². The van der Waals surface area contributed by atoms with E-state index in [0.29, 0.717) is 5.96 Å². The van der Waals surface area contributed by atoms with Gasteiger partial charge in [-0.3, -0.25) is 0 Å². The van der Waals surface area contributed by atoms with E-state index in [0.717, 1.165) is 28.7 Å². The first-order valence-corrected chi connectivity index (χ1v) is 10.1. The molecule has 0 saturated heterocycles. The SMILES string of the molecule is NC(=Nc1ccccc1-c1cccc2c1CCC2)Nc1cccc2ccccc12. The van der Waals surface area contributed by atoms with E-state index in [1.165, 1.54) is 34.9 Å². The van der Waals surface area contributed by atoms with E-state index in [1.54, 1.807) is 0 Å². The number of hydrogen-bond acceptors (Lipinski definition) is 1. The predicted octanol–water partition coefficient (Wildman–Crippen LogP) is 6.05. The highest BCUT2D eigenvalue weighted by atomic mass is 15.1. The van der Waals surface area contributed by atoms with Gasteiger partial charge in [0.1, 0.15) is 0 Å². The minimum Gasteiger partial charge on any atom is -0.369 e. The van der Waals surface area contributed by atoms with Gasteiger partial charge in [0.15, 0.2) is 5.96 Å². The van der Waals surface area contributed by atoms with Gasteiger partial charge in [0.25, 0.3) is 0 Å². The summed E-state index contributed by atoms with van der Waals surface area (Å²) in [5, 5.41) is 5.59. The highest BCUT2D eigenvalue weighted by Gasteiger charge is 2.17. The van der Waals surface area contributed by atoms with Crippen LogP contribution in [0, 0.1) is 0 Å². The molecule has 0 spiro atoms. The number of guanidine groups is 1. The first-order chi connectivity index (χ1) is 14.3. The minimum absolute atomic E-state index is 0.390. The van der Waals surface area contributed by atoms with Gasteiger partial charge < -0.3 is 11.1 Å². The number of anilines is 1. The maximum Gasteiger partial charge on any atom is 0.198 e. The van der Waals surface area contributed by atoms with Gasteiger partial charge >= 0.3 is 0 Å². The molecular formula is C26H23N3. The van der Waals surface area contributed by atoms with E-state index >= 15 is 0 Å². The Labute approximate surface area is 170 Å². The van der Waals surface area contributed by atoms with Crippen LogP contribution in [-0.2, 0) is 12.8 Å². The van der Waals surface area contributed by atoms with Gasteiger partial charge in [-0.15, -0.1) is 0 Å². The Kier molecular flexibility index (Phi) is 4.49. The van der Waals surface area contributed by atoms with Crippen molar-refractivity contribution in [1.29, 1.82) is 0 Å². The Balaban J connectivity index is 1.52. The van der Waals surface area contributed by atoms with Gasteiger partial charge in [0, 0.05) is 16.6 Å². The third-order valence-electron chi connectivity index (χ3n) is 5.63. The summed E-state index contributed by atoms with van der Waals surface area (Å²) in [6, 6.07) is 29.3. The molecule has 5 rings (SSSR count). The normalized spacial score (nSPS) is 13.4. The topological polar surface area (TPSA) is 50.4 Å². The Hall–Kier alpha value is -3.59. The van der Waals surface area contributed by atoms with Crippen LogP contribution in [0.15, 0.2) is 89.9 Å². The Morgan fingerprint density at radius 3 is 2.48 bits per heavy atom. The fraction of sp³-hybridized carbons (Fsp3) is 0.115. The summed E-state index contributed by atoms with van der Waals surface area (Å²) in [5.74, 6) is 0.390. The highest BCUT2D eigenvalue weighted by molar-refractivity contribution is 6.03. The number of aliphatic imine (C=N–C) groups is 1. The van der Waals surface area contributed by atoms with Crippen molar-refractivity contribution < 1.29 is 0 Å². The number of para-hydroxylation sites is 1. The van der Waals surface area contributed by atoms with E-state index in [9.17, 15) is 0 Å². The van der Waals surface area contributed by atoms with Crippen LogP contribution in [0.5, 0.6) is 0 Å². The lowest BCUT2D eigenvalue weighted by Gasteiger charge is -2.13. The van der Waals surface area contributed by atoms with Crippen LogP contribution in [0.4, 0.5) is 11.4 Å². The van der Waals surface area contributed by atoms with Crippen LogP contribution in [-0.4, -0.2) is 5.96 Å². The van der Waals surface area contributed by atoms with Crippen molar-refractivity contribution in [3.63, 3.8) is 0 Å². The minimum atomic E-state index is 0.390. The molecule has 142 valence electrons. The van der Waals surface area contributed by atoms with Crippen LogP contribution >= 0.6 is 0 Å². The van der Waals surface area contributed by atoms with Gasteiger partial charge in [-0.05, 0) is 53.5 Å². The van der Waals surface area contributed by atoms with Gasteiger partial charge in [0.05, 0.1) is 5.69 Å². The summed E-state index contributed by atoms with van der Waals surface area (Å²) in [6.07, 6.45) is 3.52. The molecule has 0 amide bonds. The number of rotatable bonds is 3. The molecule has 0 radical (unpaired) electrons. The maximum atomic E-state index is 6.33. The number of aryl methyl sites for hydroxylation is 1. The lowest BCUT2D eigenvalue weighted by Crippen LogP contribution is -2.22. The van der Waals surface area contributed by atoms with Crippen molar-refractivity contribution >= 4 is 28.1 Å². The van der Waals surface area contributed by atoms with Crippen LogP contribution in [0.25, 0.3) is 21.9 Å². The third kappa shape index (κ3) is 3.36. The van der Waals surface area contributed by atoms with E-state index in [4.69, 9.17) is 10.7 Å². The van der Waals surface area contributed by atoms with Crippen molar-refractivity contribution in [1.82, 2.24) is 0 Å². The number of nitrogens with two attached hydrogens (primary N) is 1. The van der Waals surface area contributed by atoms with E-state index < -0.39 is 0 Å². The van der Waals surface area contributed by atoms with E-state index in [1.807, 2.05) is 36.4 Å². The predicted molar refractivity (Wildman–Crippen MR) is 123 cm³/mol. The molecule has 0 saturated carbocycles. The zero-order chi connectivity index (χ0) is 19.6. The van der Waals surface area contributed by atoms with Crippen molar-refractivity contribution in [2.45, 2.75) is 19.3 Å². The molecule has 3 nitrogen and oxygen atoms in total. The highest BCUT2D eigenvalue weighted by Crippen LogP contribution is 2.37. The summed E-state index contributed by atoms with van der Waals surface area (Å²) in [5.41, 5.74) is 13.5. The molecule has 0 heterocycles. The quantitative estimate of drug-likeness (QED) is 0.337. The molecule has 0 unspecified atom stereocenters. The number of nitrogens with one attached hydrogen (secondary N) is 1. The molecule has 0 bridgehead atoms. The zero-order valence-corrected chi connectivity index (χ0v) is 16.2. The monoisotopic (exact) mass is 377 g/mol. The third-order valence-corrected chi connectivity index (χ3v) is 5.63. The Bertz CT molecular complexity index is 1220. The first-order valence-electron chi connectivity index (χ1n) is 10.1. The molecule has 1 aliphatic rings. The summed E-state index contributed by atoms with van der Waals surface area (Å²) in [7, 11) is 0. The van der Waals surface area contributed by atoms with Crippen LogP contribution in [0.3, 0.4) is 0 Å². The van der Waals surface area contributed by atoms with E-state index in [-0.39, 0.29) is 0 Å². The Morgan fingerprint density at radius 1 is 0.759 bits per heavy atom. The van der Waals surface area contributed by atoms with Gasteiger partial charge in [-0.2, -0.15) is 0 Å². The number of fused-ring (bicyclic) bond motifs is 2. The van der Waals surface area contributed by atoms with Crippen LogP contribution < -0.4 is 11.1 Å². The average molecular weight is 377 g/mol. The summed E-state index contributed by atoms with van der Waals surface area (Å²) in [4.78, 5) is 4.75. The molecule has 1 aliphatic carbocycles. The van der Waals surface area contributed by atoms with Crippen molar-refractivity contribution in [3.05, 3.63) is 96.1 Å². The first kappa shape index (κ1) is 17.5. The number of hydrogen-bond donors (Lipinski definition) is 2. The maximum absolute atomic E-state index is 6.33. The standard InChI is InChI=1S/C26H23N3/c27-26(28-24-17-7-11-19-8-1-2-12-21(19)24)29-25-16-4-3-13-23(25)22-15-6-10-18-9-5-14-20(18)22/h1-4,6-8,10-13,15-17H,5,9,14H2,(H3,27,28,29). The second kappa shape index (κ2) is 7.44. The lowest BCUT2D eigenvalue weighted by atomic mass is 9.96. The summed E-state index contributed by atoms with van der Waals surface area (Å²) >= 11 is 0. The zero-order valence-electron chi connectivity index (χ0n) is 16.2. The molecule has 3 N–H and O–H groups in total. The average Bonchev–Trinajstić information content (AvgIpc) is 3.23. The molecule has 3 heteroatoms. The smallest absolute Gasteiger partial charge is 0.198 e. The second-order valence-electron chi connectivity index (χ2n) is 7.46. The molecule has 4 aromatic carbocycles. The molecular weight excluding hydrogens is 354 g/mol. The molecule has 29 heavy (non-hydrogen) atoms. The summed E-state index contributed by atoms with van der Waals surface area (Å²) < 4.78 is 0. The fourth-order valence-corrected chi connectivity index (χ4v) is 4.30. The second-order valence-corrected chi connectivity index (χ2v) is 7.46. The van der Waals surface area contributed by atoms with Crippen molar-refractivity contribution in [2.75, 3.05) is 5.32 Å². The molecule has 0 atom stereocenters. The number of nitrogens with zero attached hydrogens (tertiary/aromatic N) is 1. The number of benzene rings is 4. The van der Waals surface area contributed by atoms with Gasteiger partial charge in [-0.1, -0.05) is 72.8 Å². The largest absolute Gasteiger partial charge is 0.369 e. The van der Waals surface area contributed by atoms with Crippen molar-refractivity contribution in [2.24, 2.45) is 10.7 Å². The Morgan fingerprint density at radius 2 is 1.52 bits per heavy atom. The molecule has 4 aromatic rings.